The lowest BCUT2D eigenvalue weighted by Crippen LogP contribution is -2.71. The molecule has 0 unspecified atom stereocenters. The molecule has 12 bridgehead atoms. The van der Waals surface area contributed by atoms with Crippen molar-refractivity contribution in [1.82, 2.24) is 0 Å². The molecule has 0 radical (unpaired) electrons. The second-order valence-corrected chi connectivity index (χ2v) is 11.8. The zero-order valence-corrected chi connectivity index (χ0v) is 15.0. The number of esters is 2. The van der Waals surface area contributed by atoms with Gasteiger partial charge in [-0.15, -0.1) is 0 Å². The van der Waals surface area contributed by atoms with E-state index in [0.717, 1.165) is 67.0 Å². The summed E-state index contributed by atoms with van der Waals surface area (Å²) in [6.07, 6.45) is 5.64. The molecule has 2 saturated heterocycles. The van der Waals surface area contributed by atoms with Gasteiger partial charge in [-0.1, -0.05) is 12.2 Å². The van der Waals surface area contributed by atoms with E-state index in [1.807, 2.05) is 0 Å². The molecule has 2 heterocycles. The van der Waals surface area contributed by atoms with Gasteiger partial charge in [0.2, 0.25) is 0 Å². The molecule has 10 saturated carbocycles. The quantitative estimate of drug-likeness (QED) is 0.374. The molecule has 11 aliphatic carbocycles. The smallest absolute Gasteiger partial charge is 0.321 e. The van der Waals surface area contributed by atoms with Crippen LogP contribution in [-0.2, 0) is 19.1 Å². The monoisotopic (exact) mass is 362 g/mol. The van der Waals surface area contributed by atoms with Crippen molar-refractivity contribution in [1.29, 1.82) is 0 Å². The van der Waals surface area contributed by atoms with Gasteiger partial charge in [0.05, 0.1) is 24.0 Å². The Kier molecular flexibility index (Phi) is 1.58. The van der Waals surface area contributed by atoms with Gasteiger partial charge < -0.3 is 9.47 Å². The van der Waals surface area contributed by atoms with E-state index in [1.54, 1.807) is 0 Å². The second kappa shape index (κ2) is 3.26. The summed E-state index contributed by atoms with van der Waals surface area (Å²) in [5, 5.41) is 0. The minimum absolute atomic E-state index is 0.109. The summed E-state index contributed by atoms with van der Waals surface area (Å²) in [7, 11) is 0. The fourth-order valence-electron chi connectivity index (χ4n) is 13.3. The molecule has 0 aromatic rings. The Morgan fingerprint density at radius 2 is 1.19 bits per heavy atom. The van der Waals surface area contributed by atoms with E-state index in [2.05, 4.69) is 12.2 Å². The maximum Gasteiger partial charge on any atom is 0.321 e. The SMILES string of the molecule is O=C1OC(=O)[C@]23[C@H]4[C@@H]5[C@@H]6[C@H]7[C@H]8COC[C@H]8[C@H]8[C@@H]6[C@H]5[C@H]([C@H]8[C@H]74)[C@]12[C@@H]1C=C[C@H]3C1. The van der Waals surface area contributed by atoms with E-state index in [9.17, 15) is 9.59 Å². The van der Waals surface area contributed by atoms with Crippen molar-refractivity contribution in [3.8, 4) is 0 Å². The first-order valence-electron chi connectivity index (χ1n) is 11.3. The van der Waals surface area contributed by atoms with Crippen LogP contribution in [0.15, 0.2) is 12.2 Å². The summed E-state index contributed by atoms with van der Waals surface area (Å²) < 4.78 is 11.7. The van der Waals surface area contributed by atoms with Crippen LogP contribution in [-0.4, -0.2) is 25.2 Å². The molecule has 13 rings (SSSR count). The lowest BCUT2D eigenvalue weighted by Gasteiger charge is -2.67. The van der Waals surface area contributed by atoms with Gasteiger partial charge in [-0.25, -0.2) is 0 Å². The summed E-state index contributed by atoms with van der Waals surface area (Å²) in [4.78, 5) is 27.0. The zero-order valence-electron chi connectivity index (χ0n) is 15.0. The van der Waals surface area contributed by atoms with Crippen molar-refractivity contribution in [2.45, 2.75) is 6.42 Å². The van der Waals surface area contributed by atoms with E-state index < -0.39 is 10.8 Å². The molecule has 2 aliphatic heterocycles. The van der Waals surface area contributed by atoms with Gasteiger partial charge in [-0.3, -0.25) is 9.59 Å². The third-order valence-electron chi connectivity index (χ3n) is 12.7. The standard InChI is InChI=1S/C23H22O4/c24-20-22-6-1-2-7(3-6)23(22,21(25)27-20)19-15-11-9-5-26-4-8(9)10-12-13(11)17(19)16(12)18(22)14(10)15/h1-2,6-19H,3-5H2/t6-,7+,8-,9+,10+,11-,12+,13-,14-,15+,16-,17-,18+,19-,22-,23+/m1/s1. The van der Waals surface area contributed by atoms with Gasteiger partial charge in [0, 0.05) is 0 Å². The molecular formula is C23H22O4. The van der Waals surface area contributed by atoms with Crippen LogP contribution in [0.1, 0.15) is 6.42 Å². The van der Waals surface area contributed by atoms with E-state index in [0.29, 0.717) is 23.7 Å². The summed E-state index contributed by atoms with van der Waals surface area (Å²) in [6, 6.07) is 0. The van der Waals surface area contributed by atoms with Crippen LogP contribution in [0.25, 0.3) is 0 Å². The van der Waals surface area contributed by atoms with Crippen LogP contribution in [0.4, 0.5) is 0 Å². The topological polar surface area (TPSA) is 52.6 Å². The average molecular weight is 362 g/mol. The van der Waals surface area contributed by atoms with E-state index in [-0.39, 0.29) is 23.8 Å². The normalized spacial score (nSPS) is 78.4. The first kappa shape index (κ1) is 13.1. The Balaban J connectivity index is 1.34. The zero-order chi connectivity index (χ0) is 17.2. The van der Waals surface area contributed by atoms with E-state index in [4.69, 9.17) is 9.47 Å². The van der Waals surface area contributed by atoms with Gasteiger partial charge in [-0.05, 0) is 89.3 Å². The average Bonchev–Trinajstić information content (AvgIpc) is 3.42. The highest BCUT2D eigenvalue weighted by Gasteiger charge is 2.99. The van der Waals surface area contributed by atoms with Crippen molar-refractivity contribution < 1.29 is 19.1 Å². The summed E-state index contributed by atoms with van der Waals surface area (Å²) in [6.45, 7) is 1.92. The Morgan fingerprint density at radius 3 is 1.70 bits per heavy atom. The number of hydrogen-bond acceptors (Lipinski definition) is 4. The molecule has 0 aromatic heterocycles. The van der Waals surface area contributed by atoms with Crippen LogP contribution in [0, 0.1) is 93.7 Å². The number of fused-ring (bicyclic) bond motifs is 2. The number of allylic oxidation sites excluding steroid dienone is 2. The molecule has 12 fully saturated rings. The second-order valence-electron chi connectivity index (χ2n) is 11.8. The maximum absolute atomic E-state index is 13.5. The van der Waals surface area contributed by atoms with Crippen LogP contribution in [0.5, 0.6) is 0 Å². The van der Waals surface area contributed by atoms with Crippen LogP contribution >= 0.6 is 0 Å². The fourth-order valence-corrected chi connectivity index (χ4v) is 13.3. The summed E-state index contributed by atoms with van der Waals surface area (Å²) >= 11 is 0. The lowest BCUT2D eigenvalue weighted by atomic mass is 9.32. The minimum Gasteiger partial charge on any atom is -0.392 e. The Hall–Kier alpha value is -1.16. The van der Waals surface area contributed by atoms with Crippen molar-refractivity contribution in [3.63, 3.8) is 0 Å². The molecule has 4 heteroatoms. The molecule has 0 N–H and O–H groups in total. The van der Waals surface area contributed by atoms with Gasteiger partial charge >= 0.3 is 11.9 Å². The van der Waals surface area contributed by atoms with Crippen LogP contribution in [0.3, 0.4) is 0 Å². The molecule has 4 nitrogen and oxygen atoms in total. The number of carbonyl (C=O) groups excluding carboxylic acids is 2. The first-order valence-corrected chi connectivity index (χ1v) is 11.3. The van der Waals surface area contributed by atoms with Crippen molar-refractivity contribution in [3.05, 3.63) is 12.2 Å². The maximum atomic E-state index is 13.5. The van der Waals surface area contributed by atoms with Crippen molar-refractivity contribution in [2.24, 2.45) is 93.7 Å². The number of hydrogen-bond donors (Lipinski definition) is 0. The molecule has 138 valence electrons. The van der Waals surface area contributed by atoms with Crippen molar-refractivity contribution in [2.75, 3.05) is 13.2 Å². The third-order valence-corrected chi connectivity index (χ3v) is 12.7. The first-order chi connectivity index (χ1) is 13.2. The highest BCUT2D eigenvalue weighted by atomic mass is 16.6. The molecule has 0 amide bonds. The Morgan fingerprint density at radius 1 is 0.704 bits per heavy atom. The summed E-state index contributed by atoms with van der Waals surface area (Å²) in [5.41, 5.74) is -0.953. The van der Waals surface area contributed by atoms with Crippen LogP contribution < -0.4 is 0 Å². The largest absolute Gasteiger partial charge is 0.392 e. The Labute approximate surface area is 157 Å². The molecular weight excluding hydrogens is 340 g/mol. The molecule has 0 aromatic carbocycles. The third kappa shape index (κ3) is 0.805. The molecule has 27 heavy (non-hydrogen) atoms. The molecule has 16 atom stereocenters. The number of rotatable bonds is 0. The Bertz CT molecular complexity index is 882. The van der Waals surface area contributed by atoms with Gasteiger partial charge in [0.25, 0.3) is 0 Å². The minimum atomic E-state index is -0.477. The van der Waals surface area contributed by atoms with E-state index in [1.165, 1.54) is 0 Å². The molecule has 13 aliphatic rings. The number of cyclic esters (lactones) is 2. The van der Waals surface area contributed by atoms with Gasteiger partial charge in [0.1, 0.15) is 0 Å². The summed E-state index contributed by atoms with van der Waals surface area (Å²) in [5.74, 6) is 8.76. The highest BCUT2D eigenvalue weighted by molar-refractivity contribution is 6.05. The van der Waals surface area contributed by atoms with Crippen molar-refractivity contribution >= 4 is 11.9 Å². The fraction of sp³-hybridized carbons (Fsp3) is 0.826. The molecule has 0 spiro atoms. The lowest BCUT2D eigenvalue weighted by molar-refractivity contribution is -0.226. The van der Waals surface area contributed by atoms with Gasteiger partial charge in [-0.2, -0.15) is 0 Å². The number of carbonyl (C=O) groups is 2. The number of ether oxygens (including phenoxy) is 2. The van der Waals surface area contributed by atoms with E-state index >= 15 is 0 Å². The predicted octanol–water partition coefficient (Wildman–Crippen LogP) is 1.75. The predicted molar refractivity (Wildman–Crippen MR) is 89.4 cm³/mol. The van der Waals surface area contributed by atoms with Gasteiger partial charge in [0.15, 0.2) is 0 Å². The van der Waals surface area contributed by atoms with Crippen LogP contribution in [0.2, 0.25) is 0 Å². The highest BCUT2D eigenvalue weighted by Crippen LogP contribution is 2.96.